The maximum absolute atomic E-state index is 12.2. The zero-order chi connectivity index (χ0) is 16.9. The Labute approximate surface area is 143 Å². The van der Waals surface area contributed by atoms with E-state index in [0.717, 1.165) is 31.6 Å². The Morgan fingerprint density at radius 3 is 2.70 bits per heavy atom. The maximum atomic E-state index is 12.2. The summed E-state index contributed by atoms with van der Waals surface area (Å²) in [5.74, 6) is 0. The molecule has 1 aliphatic rings. The molecule has 128 valence electrons. The normalized spacial score (nSPS) is 18.5. The van der Waals surface area contributed by atoms with E-state index in [1.54, 1.807) is 0 Å². The number of ether oxygens (including phenoxy) is 1. The summed E-state index contributed by atoms with van der Waals surface area (Å²) >= 11 is 6.00. The second kappa shape index (κ2) is 7.99. The molecule has 1 aromatic carbocycles. The van der Waals surface area contributed by atoms with E-state index in [9.17, 15) is 4.79 Å². The Kier molecular flexibility index (Phi) is 6.27. The number of hydrogen-bond acceptors (Lipinski definition) is 3. The first-order chi connectivity index (χ1) is 10.9. The van der Waals surface area contributed by atoms with Gasteiger partial charge in [0.15, 0.2) is 0 Å². The Morgan fingerprint density at radius 1 is 1.39 bits per heavy atom. The number of amides is 2. The lowest BCUT2D eigenvalue weighted by molar-refractivity contribution is -0.00574. The number of benzene rings is 1. The highest BCUT2D eigenvalue weighted by Gasteiger charge is 2.35. The van der Waals surface area contributed by atoms with Crippen LogP contribution in [0.15, 0.2) is 24.3 Å². The van der Waals surface area contributed by atoms with Crippen LogP contribution >= 0.6 is 11.6 Å². The Morgan fingerprint density at radius 2 is 2.09 bits per heavy atom. The molecule has 1 atom stereocenters. The molecule has 1 saturated heterocycles. The van der Waals surface area contributed by atoms with Crippen molar-refractivity contribution in [1.82, 2.24) is 15.5 Å². The molecule has 1 aliphatic heterocycles. The molecule has 23 heavy (non-hydrogen) atoms. The van der Waals surface area contributed by atoms with E-state index in [2.05, 4.69) is 29.6 Å². The average molecular weight is 340 g/mol. The van der Waals surface area contributed by atoms with Crippen LogP contribution in [0.25, 0.3) is 0 Å². The SMILES string of the molecule is C[C@@H](NC(=O)NCC1(N(C)C)CCOCC1)c1cccc(Cl)c1. The first-order valence-corrected chi connectivity index (χ1v) is 8.36. The standard InChI is InChI=1S/C17H26ClN3O2/c1-13(14-5-4-6-15(18)11-14)20-16(22)19-12-17(21(2)3)7-9-23-10-8-17/h4-6,11,13H,7-10,12H2,1-3H3,(H2,19,20,22)/t13-/m1/s1. The molecular formula is C17H26ClN3O2. The van der Waals surface area contributed by atoms with Crippen LogP contribution in [0.2, 0.25) is 5.02 Å². The minimum atomic E-state index is -0.162. The molecule has 5 nitrogen and oxygen atoms in total. The number of hydrogen-bond donors (Lipinski definition) is 2. The van der Waals surface area contributed by atoms with Crippen molar-refractivity contribution in [2.75, 3.05) is 33.9 Å². The third kappa shape index (κ3) is 4.83. The number of rotatable bonds is 5. The summed E-state index contributed by atoms with van der Waals surface area (Å²) in [7, 11) is 4.11. The van der Waals surface area contributed by atoms with Gasteiger partial charge in [-0.25, -0.2) is 4.79 Å². The lowest BCUT2D eigenvalue weighted by Gasteiger charge is -2.42. The van der Waals surface area contributed by atoms with Crippen LogP contribution in [0.5, 0.6) is 0 Å². The van der Waals surface area contributed by atoms with Gasteiger partial charge in [-0.05, 0) is 51.6 Å². The number of likely N-dealkylation sites (N-methyl/N-ethyl adjacent to an activating group) is 1. The lowest BCUT2D eigenvalue weighted by atomic mass is 9.88. The molecule has 2 amide bonds. The van der Waals surface area contributed by atoms with Crippen molar-refractivity contribution >= 4 is 17.6 Å². The summed E-state index contributed by atoms with van der Waals surface area (Å²) in [5.41, 5.74) is 0.954. The summed E-state index contributed by atoms with van der Waals surface area (Å²) in [6, 6.07) is 7.27. The molecule has 0 bridgehead atoms. The molecule has 0 saturated carbocycles. The molecule has 2 N–H and O–H groups in total. The zero-order valence-electron chi connectivity index (χ0n) is 14.1. The van der Waals surface area contributed by atoms with Crippen LogP contribution in [-0.4, -0.2) is 50.3 Å². The second-order valence-electron chi connectivity index (χ2n) is 6.33. The molecular weight excluding hydrogens is 314 g/mol. The third-order valence-corrected chi connectivity index (χ3v) is 4.88. The molecule has 2 rings (SSSR count). The highest BCUT2D eigenvalue weighted by atomic mass is 35.5. The third-order valence-electron chi connectivity index (χ3n) is 4.65. The van der Waals surface area contributed by atoms with Gasteiger partial charge in [-0.15, -0.1) is 0 Å². The summed E-state index contributed by atoms with van der Waals surface area (Å²) in [5, 5.41) is 6.64. The Bertz CT molecular complexity index is 530. The minimum Gasteiger partial charge on any atom is -0.381 e. The number of urea groups is 1. The topological polar surface area (TPSA) is 53.6 Å². The number of nitrogens with one attached hydrogen (secondary N) is 2. The van der Waals surface area contributed by atoms with Crippen molar-refractivity contribution in [3.8, 4) is 0 Å². The number of nitrogens with zero attached hydrogens (tertiary/aromatic N) is 1. The summed E-state index contributed by atoms with van der Waals surface area (Å²) in [6.45, 7) is 4.03. The predicted molar refractivity (Wildman–Crippen MR) is 92.9 cm³/mol. The molecule has 1 aromatic rings. The quantitative estimate of drug-likeness (QED) is 0.867. The van der Waals surface area contributed by atoms with Gasteiger partial charge in [0.05, 0.1) is 6.04 Å². The van der Waals surface area contributed by atoms with E-state index in [-0.39, 0.29) is 17.6 Å². The Hall–Kier alpha value is -1.30. The van der Waals surface area contributed by atoms with Gasteiger partial charge in [0.1, 0.15) is 0 Å². The van der Waals surface area contributed by atoms with Gasteiger partial charge in [0.2, 0.25) is 0 Å². The molecule has 0 aliphatic carbocycles. The van der Waals surface area contributed by atoms with Gasteiger partial charge in [-0.2, -0.15) is 0 Å². The number of halogens is 1. The predicted octanol–water partition coefficient (Wildman–Crippen LogP) is 2.81. The first-order valence-electron chi connectivity index (χ1n) is 7.98. The van der Waals surface area contributed by atoms with E-state index >= 15 is 0 Å². The summed E-state index contributed by atoms with van der Waals surface area (Å²) in [4.78, 5) is 14.4. The molecule has 1 heterocycles. The molecule has 0 aromatic heterocycles. The fourth-order valence-electron chi connectivity index (χ4n) is 2.89. The highest BCUT2D eigenvalue weighted by Crippen LogP contribution is 2.25. The second-order valence-corrected chi connectivity index (χ2v) is 6.77. The molecule has 6 heteroatoms. The van der Waals surface area contributed by atoms with Crippen LogP contribution in [0, 0.1) is 0 Å². The van der Waals surface area contributed by atoms with Crippen molar-refractivity contribution in [1.29, 1.82) is 0 Å². The first kappa shape index (κ1) is 18.0. The molecule has 0 radical (unpaired) electrons. The maximum Gasteiger partial charge on any atom is 0.315 e. The molecule has 1 fully saturated rings. The van der Waals surface area contributed by atoms with Gasteiger partial charge >= 0.3 is 6.03 Å². The summed E-state index contributed by atoms with van der Waals surface area (Å²) < 4.78 is 5.45. The smallest absolute Gasteiger partial charge is 0.315 e. The van der Waals surface area contributed by atoms with Crippen molar-refractivity contribution in [2.24, 2.45) is 0 Å². The highest BCUT2D eigenvalue weighted by molar-refractivity contribution is 6.30. The van der Waals surface area contributed by atoms with Gasteiger partial charge in [0, 0.05) is 30.3 Å². The van der Waals surface area contributed by atoms with Gasteiger partial charge in [-0.1, -0.05) is 23.7 Å². The van der Waals surface area contributed by atoms with Gasteiger partial charge in [-0.3, -0.25) is 0 Å². The Balaban J connectivity index is 1.89. The van der Waals surface area contributed by atoms with E-state index in [1.165, 1.54) is 0 Å². The average Bonchev–Trinajstić information content (AvgIpc) is 2.53. The van der Waals surface area contributed by atoms with Crippen LogP contribution in [0.1, 0.15) is 31.4 Å². The fraction of sp³-hybridized carbons (Fsp3) is 0.588. The van der Waals surface area contributed by atoms with E-state index in [1.807, 2.05) is 31.2 Å². The van der Waals surface area contributed by atoms with Crippen molar-refractivity contribution < 1.29 is 9.53 Å². The minimum absolute atomic E-state index is 0.0329. The number of carbonyl (C=O) groups excluding carboxylic acids is 1. The summed E-state index contributed by atoms with van der Waals surface area (Å²) in [6.07, 6.45) is 1.84. The van der Waals surface area contributed by atoms with Crippen LogP contribution in [0.3, 0.4) is 0 Å². The van der Waals surface area contributed by atoms with Crippen molar-refractivity contribution in [3.05, 3.63) is 34.9 Å². The zero-order valence-corrected chi connectivity index (χ0v) is 14.8. The van der Waals surface area contributed by atoms with E-state index in [4.69, 9.17) is 16.3 Å². The van der Waals surface area contributed by atoms with E-state index in [0.29, 0.717) is 11.6 Å². The molecule has 0 spiro atoms. The van der Waals surface area contributed by atoms with Gasteiger partial charge < -0.3 is 20.3 Å². The van der Waals surface area contributed by atoms with Crippen LogP contribution in [-0.2, 0) is 4.74 Å². The number of carbonyl (C=O) groups is 1. The van der Waals surface area contributed by atoms with Crippen molar-refractivity contribution in [3.63, 3.8) is 0 Å². The van der Waals surface area contributed by atoms with Gasteiger partial charge in [0.25, 0.3) is 0 Å². The fourth-order valence-corrected chi connectivity index (χ4v) is 3.08. The van der Waals surface area contributed by atoms with E-state index < -0.39 is 0 Å². The lowest BCUT2D eigenvalue weighted by Crippen LogP contribution is -2.56. The van der Waals surface area contributed by atoms with Crippen LogP contribution in [0.4, 0.5) is 4.79 Å². The monoisotopic (exact) mass is 339 g/mol. The van der Waals surface area contributed by atoms with Crippen molar-refractivity contribution in [2.45, 2.75) is 31.3 Å². The molecule has 0 unspecified atom stereocenters. The largest absolute Gasteiger partial charge is 0.381 e. The van der Waals surface area contributed by atoms with Crippen LogP contribution < -0.4 is 10.6 Å².